The third kappa shape index (κ3) is 2.89. The lowest BCUT2D eigenvalue weighted by atomic mass is 9.55. The minimum Gasteiger partial charge on any atom is -0.508 e. The molecule has 164 valence electrons. The van der Waals surface area contributed by atoms with E-state index in [1.165, 1.54) is 16.8 Å². The van der Waals surface area contributed by atoms with Crippen LogP contribution in [0.3, 0.4) is 0 Å². The Bertz CT molecular complexity index is 1190. The van der Waals surface area contributed by atoms with Gasteiger partial charge in [-0.05, 0) is 85.3 Å². The number of nitrogens with zero attached hydrogens (tertiary/aromatic N) is 2. The lowest BCUT2D eigenvalue weighted by molar-refractivity contribution is 0.0937. The molecular formula is C26H28N4O2. The highest BCUT2D eigenvalue weighted by molar-refractivity contribution is 5.94. The number of carbonyl (C=O) groups is 1. The largest absolute Gasteiger partial charge is 0.508 e. The molecule has 1 amide bonds. The lowest BCUT2D eigenvalue weighted by Gasteiger charge is -2.49. The quantitative estimate of drug-likeness (QED) is 0.588. The van der Waals surface area contributed by atoms with Gasteiger partial charge >= 0.3 is 0 Å². The van der Waals surface area contributed by atoms with Gasteiger partial charge in [-0.25, -0.2) is 0 Å². The SMILES string of the molecule is C[C@]12CC[C@@H]3c4ccc(O)cc4CC[C@H]3[C@@H]1Cc1c(C(=O)NCc3ccccn3)n[nH]c12. The summed E-state index contributed by atoms with van der Waals surface area (Å²) in [4.78, 5) is 17.3. The molecule has 1 fully saturated rings. The molecule has 3 N–H and O–H groups in total. The van der Waals surface area contributed by atoms with E-state index >= 15 is 0 Å². The van der Waals surface area contributed by atoms with Crippen molar-refractivity contribution in [1.82, 2.24) is 20.5 Å². The molecule has 0 radical (unpaired) electrons. The molecule has 0 spiro atoms. The Morgan fingerprint density at radius 1 is 1.28 bits per heavy atom. The summed E-state index contributed by atoms with van der Waals surface area (Å²) in [7, 11) is 0. The Kier molecular flexibility index (Phi) is 4.39. The molecule has 3 aliphatic carbocycles. The van der Waals surface area contributed by atoms with Crippen LogP contribution in [-0.2, 0) is 24.8 Å². The molecule has 32 heavy (non-hydrogen) atoms. The van der Waals surface area contributed by atoms with Gasteiger partial charge in [0.2, 0.25) is 0 Å². The summed E-state index contributed by atoms with van der Waals surface area (Å²) < 4.78 is 0. The molecule has 6 rings (SSSR count). The first-order valence-electron chi connectivity index (χ1n) is 11.6. The zero-order valence-corrected chi connectivity index (χ0v) is 18.3. The van der Waals surface area contributed by atoms with Crippen molar-refractivity contribution in [2.75, 3.05) is 0 Å². The van der Waals surface area contributed by atoms with Gasteiger partial charge in [0.25, 0.3) is 5.91 Å². The summed E-state index contributed by atoms with van der Waals surface area (Å²) in [5.74, 6) is 1.88. The molecule has 3 aromatic rings. The van der Waals surface area contributed by atoms with Gasteiger partial charge < -0.3 is 10.4 Å². The molecule has 2 aromatic heterocycles. The van der Waals surface area contributed by atoms with Crippen LogP contribution in [0.15, 0.2) is 42.6 Å². The van der Waals surface area contributed by atoms with Gasteiger partial charge in [0.05, 0.1) is 12.2 Å². The summed E-state index contributed by atoms with van der Waals surface area (Å²) in [5, 5.41) is 20.6. The number of nitrogens with one attached hydrogen (secondary N) is 2. The fourth-order valence-corrected chi connectivity index (χ4v) is 6.78. The van der Waals surface area contributed by atoms with Crippen LogP contribution >= 0.6 is 0 Å². The number of carbonyl (C=O) groups excluding carboxylic acids is 1. The number of aromatic amines is 1. The lowest BCUT2D eigenvalue weighted by Crippen LogP contribution is -2.43. The second-order valence-electron chi connectivity index (χ2n) is 9.89. The Labute approximate surface area is 187 Å². The van der Waals surface area contributed by atoms with Crippen LogP contribution in [0.2, 0.25) is 0 Å². The van der Waals surface area contributed by atoms with E-state index < -0.39 is 0 Å². The summed E-state index contributed by atoms with van der Waals surface area (Å²) in [6.45, 7) is 2.76. The van der Waals surface area contributed by atoms with E-state index in [1.807, 2.05) is 30.3 Å². The number of H-pyrrole nitrogens is 1. The molecule has 0 aliphatic heterocycles. The number of pyridine rings is 1. The van der Waals surface area contributed by atoms with E-state index in [0.717, 1.165) is 43.4 Å². The van der Waals surface area contributed by atoms with Crippen LogP contribution in [0.1, 0.15) is 70.7 Å². The Morgan fingerprint density at radius 2 is 2.19 bits per heavy atom. The van der Waals surface area contributed by atoms with Crippen LogP contribution in [0, 0.1) is 11.8 Å². The number of hydrogen-bond acceptors (Lipinski definition) is 4. The third-order valence-electron chi connectivity index (χ3n) is 8.33. The van der Waals surface area contributed by atoms with Crippen molar-refractivity contribution in [3.8, 4) is 5.75 Å². The fraction of sp³-hybridized carbons (Fsp3) is 0.423. The first-order valence-corrected chi connectivity index (χ1v) is 11.6. The molecule has 3 aliphatic rings. The van der Waals surface area contributed by atoms with Gasteiger partial charge in [-0.3, -0.25) is 14.9 Å². The van der Waals surface area contributed by atoms with E-state index in [1.54, 1.807) is 6.20 Å². The van der Waals surface area contributed by atoms with Crippen LogP contribution in [0.25, 0.3) is 0 Å². The topological polar surface area (TPSA) is 90.9 Å². The number of benzene rings is 1. The normalized spacial score (nSPS) is 27.7. The van der Waals surface area contributed by atoms with Crippen LogP contribution in [-0.4, -0.2) is 26.2 Å². The molecule has 0 saturated heterocycles. The van der Waals surface area contributed by atoms with E-state index in [9.17, 15) is 9.90 Å². The molecule has 1 aromatic carbocycles. The van der Waals surface area contributed by atoms with Crippen molar-refractivity contribution in [2.45, 2.75) is 56.9 Å². The van der Waals surface area contributed by atoms with Crippen molar-refractivity contribution in [1.29, 1.82) is 0 Å². The third-order valence-corrected chi connectivity index (χ3v) is 8.33. The molecule has 6 nitrogen and oxygen atoms in total. The number of phenolic OH excluding ortho intramolecular Hbond substituents is 1. The first-order chi connectivity index (χ1) is 15.5. The van der Waals surface area contributed by atoms with Crippen molar-refractivity contribution in [3.63, 3.8) is 0 Å². The summed E-state index contributed by atoms with van der Waals surface area (Å²) in [6, 6.07) is 11.6. The zero-order valence-electron chi connectivity index (χ0n) is 18.3. The second-order valence-corrected chi connectivity index (χ2v) is 9.89. The van der Waals surface area contributed by atoms with Gasteiger partial charge in [0.15, 0.2) is 5.69 Å². The number of amides is 1. The highest BCUT2D eigenvalue weighted by atomic mass is 16.3. The molecule has 1 saturated carbocycles. The minimum atomic E-state index is -0.128. The van der Waals surface area contributed by atoms with Crippen LogP contribution in [0.5, 0.6) is 5.75 Å². The number of aromatic nitrogens is 3. The number of hydrogen-bond donors (Lipinski definition) is 3. The predicted octanol–water partition coefficient (Wildman–Crippen LogP) is 4.01. The summed E-state index contributed by atoms with van der Waals surface area (Å²) >= 11 is 0. The fourth-order valence-electron chi connectivity index (χ4n) is 6.78. The Hall–Kier alpha value is -3.15. The van der Waals surface area contributed by atoms with Gasteiger partial charge in [-0.2, -0.15) is 5.10 Å². The van der Waals surface area contributed by atoms with E-state index in [2.05, 4.69) is 33.5 Å². The van der Waals surface area contributed by atoms with Crippen LogP contribution < -0.4 is 5.32 Å². The molecule has 2 heterocycles. The molecule has 6 heteroatoms. The maximum absolute atomic E-state index is 13.0. The number of aromatic hydroxyl groups is 1. The highest BCUT2D eigenvalue weighted by Crippen LogP contribution is 2.60. The standard InChI is InChI=1S/C26H28N4O2/c1-26-10-9-19-18-8-6-17(31)12-15(18)5-7-20(19)22(26)13-21-23(29-30-24(21)26)25(32)28-14-16-4-2-3-11-27-16/h2-4,6,8,11-12,19-20,22,31H,5,7,9-10,13-14H2,1H3,(H,28,32)(H,29,30)/t19-,20-,22+,26+/m1/s1. The minimum absolute atomic E-state index is 0.0391. The molecule has 0 bridgehead atoms. The van der Waals surface area contributed by atoms with E-state index in [0.29, 0.717) is 35.7 Å². The van der Waals surface area contributed by atoms with E-state index in [4.69, 9.17) is 0 Å². The number of rotatable bonds is 3. The maximum atomic E-state index is 13.0. The zero-order chi connectivity index (χ0) is 21.9. The van der Waals surface area contributed by atoms with Crippen molar-refractivity contribution in [2.24, 2.45) is 11.8 Å². The first kappa shape index (κ1) is 19.5. The Balaban J connectivity index is 1.26. The van der Waals surface area contributed by atoms with Crippen LogP contribution in [0.4, 0.5) is 0 Å². The molecule has 4 atom stereocenters. The highest BCUT2D eigenvalue weighted by Gasteiger charge is 2.54. The van der Waals surface area contributed by atoms with Crippen molar-refractivity contribution in [3.05, 3.63) is 76.4 Å². The predicted molar refractivity (Wildman–Crippen MR) is 120 cm³/mol. The van der Waals surface area contributed by atoms with Gasteiger partial charge in [0.1, 0.15) is 5.75 Å². The number of aryl methyl sites for hydroxylation is 1. The maximum Gasteiger partial charge on any atom is 0.272 e. The molecule has 0 unspecified atom stereocenters. The Morgan fingerprint density at radius 3 is 3.03 bits per heavy atom. The smallest absolute Gasteiger partial charge is 0.272 e. The van der Waals surface area contributed by atoms with Crippen molar-refractivity contribution < 1.29 is 9.90 Å². The monoisotopic (exact) mass is 428 g/mol. The average molecular weight is 429 g/mol. The summed E-state index contributed by atoms with van der Waals surface area (Å²) in [6.07, 6.45) is 7.02. The van der Waals surface area contributed by atoms with Gasteiger partial charge in [-0.1, -0.05) is 19.1 Å². The van der Waals surface area contributed by atoms with E-state index in [-0.39, 0.29) is 11.3 Å². The van der Waals surface area contributed by atoms with Crippen molar-refractivity contribution >= 4 is 5.91 Å². The van der Waals surface area contributed by atoms with Gasteiger partial charge in [-0.15, -0.1) is 0 Å². The average Bonchev–Trinajstić information content (AvgIpc) is 3.36. The second kappa shape index (κ2) is 7.19. The van der Waals surface area contributed by atoms with Gasteiger partial charge in [0, 0.05) is 22.9 Å². The number of phenols is 1. The molecular weight excluding hydrogens is 400 g/mol. The number of fused-ring (bicyclic) bond motifs is 7. The summed E-state index contributed by atoms with van der Waals surface area (Å²) in [5.41, 5.74) is 6.42.